The molecular weight excluding hydrogens is 240 g/mol. The van der Waals surface area contributed by atoms with Crippen molar-refractivity contribution in [3.05, 3.63) is 0 Å². The molecule has 3 atom stereocenters. The van der Waals surface area contributed by atoms with E-state index in [1.807, 2.05) is 0 Å². The summed E-state index contributed by atoms with van der Waals surface area (Å²) in [6.07, 6.45) is 10.5. The zero-order valence-corrected chi connectivity index (χ0v) is 10.5. The van der Waals surface area contributed by atoms with Gasteiger partial charge in [-0.25, -0.2) is 4.48 Å². The van der Waals surface area contributed by atoms with Crippen LogP contribution in [0.4, 0.5) is 0 Å². The molecule has 1 heterocycles. The Morgan fingerprint density at radius 2 is 1.79 bits per heavy atom. The number of hydrogen-bond acceptors (Lipinski definition) is 1. The van der Waals surface area contributed by atoms with Crippen LogP contribution in [0.15, 0.2) is 0 Å². The molecule has 0 N–H and O–H groups in total. The third kappa shape index (κ3) is 1.97. The summed E-state index contributed by atoms with van der Waals surface area (Å²) in [5.74, 6) is 0.854. The van der Waals surface area contributed by atoms with E-state index in [1.54, 1.807) is 0 Å². The number of fused-ring (bicyclic) bond motifs is 1. The van der Waals surface area contributed by atoms with E-state index in [-0.39, 0.29) is 17.0 Å². The fourth-order valence-corrected chi connectivity index (χ4v) is 3.25. The molecule has 1 saturated carbocycles. The van der Waals surface area contributed by atoms with Crippen molar-refractivity contribution in [3.8, 4) is 6.19 Å². The minimum atomic E-state index is 0. The van der Waals surface area contributed by atoms with Gasteiger partial charge in [-0.2, -0.15) is 0 Å². The Morgan fingerprint density at radius 3 is 2.50 bits per heavy atom. The van der Waals surface area contributed by atoms with Crippen molar-refractivity contribution in [2.24, 2.45) is 5.92 Å². The van der Waals surface area contributed by atoms with E-state index < -0.39 is 0 Å². The summed E-state index contributed by atoms with van der Waals surface area (Å²) in [6.45, 7) is 1.08. The van der Waals surface area contributed by atoms with Crippen LogP contribution in [-0.2, 0) is 0 Å². The van der Waals surface area contributed by atoms with Crippen molar-refractivity contribution in [3.63, 3.8) is 0 Å². The Morgan fingerprint density at radius 1 is 1.14 bits per heavy atom. The molecule has 0 bridgehead atoms. The summed E-state index contributed by atoms with van der Waals surface area (Å²) in [4.78, 5) is 0. The van der Waals surface area contributed by atoms with E-state index in [9.17, 15) is 5.26 Å². The van der Waals surface area contributed by atoms with Crippen LogP contribution in [0.3, 0.4) is 0 Å². The van der Waals surface area contributed by atoms with Crippen LogP contribution in [0.1, 0.15) is 38.5 Å². The summed E-state index contributed by atoms with van der Waals surface area (Å²) < 4.78 is 0.685. The lowest BCUT2D eigenvalue weighted by Gasteiger charge is -2.44. The van der Waals surface area contributed by atoms with Crippen molar-refractivity contribution in [2.75, 3.05) is 13.6 Å². The van der Waals surface area contributed by atoms with Gasteiger partial charge in [0.15, 0.2) is 0 Å². The van der Waals surface area contributed by atoms with Gasteiger partial charge in [0.1, 0.15) is 6.04 Å². The number of nitriles is 1. The van der Waals surface area contributed by atoms with Crippen molar-refractivity contribution in [2.45, 2.75) is 44.6 Å². The van der Waals surface area contributed by atoms with Gasteiger partial charge in [0.25, 0.3) is 0 Å². The van der Waals surface area contributed by atoms with Gasteiger partial charge in [0.2, 0.25) is 0 Å². The summed E-state index contributed by atoms with van der Waals surface area (Å²) in [5, 5.41) is 9.21. The van der Waals surface area contributed by atoms with Gasteiger partial charge in [-0.05, 0) is 25.7 Å². The number of halogens is 1. The summed E-state index contributed by atoms with van der Waals surface area (Å²) in [7, 11) is 2.13. The molecule has 3 heteroatoms. The van der Waals surface area contributed by atoms with Crippen LogP contribution < -0.4 is 17.0 Å². The van der Waals surface area contributed by atoms with Crippen LogP contribution in [0.5, 0.6) is 0 Å². The molecule has 2 aliphatic rings. The minimum Gasteiger partial charge on any atom is -1.00 e. The van der Waals surface area contributed by atoms with E-state index >= 15 is 0 Å². The van der Waals surface area contributed by atoms with E-state index in [0.717, 1.165) is 12.5 Å². The fourth-order valence-electron chi connectivity index (χ4n) is 3.25. The average molecular weight is 259 g/mol. The van der Waals surface area contributed by atoms with Crippen molar-refractivity contribution >= 4 is 0 Å². The van der Waals surface area contributed by atoms with Crippen LogP contribution in [0.2, 0.25) is 0 Å². The second kappa shape index (κ2) is 4.63. The fraction of sp³-hybridized carbons (Fsp3) is 0.909. The first-order valence-corrected chi connectivity index (χ1v) is 5.53. The molecule has 0 spiro atoms. The van der Waals surface area contributed by atoms with Crippen molar-refractivity contribution in [1.82, 2.24) is 0 Å². The zero-order valence-electron chi connectivity index (χ0n) is 8.88. The molecule has 1 saturated heterocycles. The maximum absolute atomic E-state index is 9.21. The second-order valence-electron chi connectivity index (χ2n) is 4.85. The molecule has 1 aliphatic carbocycles. The number of hydrogen-bond donors (Lipinski definition) is 0. The van der Waals surface area contributed by atoms with E-state index in [4.69, 9.17) is 0 Å². The highest BCUT2D eigenvalue weighted by molar-refractivity contribution is 4.82. The molecule has 2 nitrogen and oxygen atoms in total. The predicted molar refractivity (Wildman–Crippen MR) is 51.6 cm³/mol. The Bertz CT molecular complexity index is 234. The molecule has 0 aromatic carbocycles. The summed E-state index contributed by atoms with van der Waals surface area (Å²) in [5.41, 5.74) is 0. The molecule has 80 valence electrons. The van der Waals surface area contributed by atoms with Gasteiger partial charge in [-0.15, -0.1) is 5.26 Å². The topological polar surface area (TPSA) is 23.8 Å². The Hall–Kier alpha value is -0.0700. The van der Waals surface area contributed by atoms with Crippen molar-refractivity contribution in [1.29, 1.82) is 5.26 Å². The molecule has 0 radical (unpaired) electrons. The maximum Gasteiger partial charge on any atom is 0.308 e. The van der Waals surface area contributed by atoms with E-state index in [2.05, 4.69) is 13.2 Å². The van der Waals surface area contributed by atoms with Gasteiger partial charge in [0, 0.05) is 12.3 Å². The molecule has 0 aromatic heterocycles. The Labute approximate surface area is 97.3 Å². The molecule has 1 unspecified atom stereocenters. The highest BCUT2D eigenvalue weighted by Gasteiger charge is 2.43. The average Bonchev–Trinajstić information content (AvgIpc) is 2.19. The third-order valence-corrected chi connectivity index (χ3v) is 4.03. The normalized spacial score (nSPS) is 41.7. The number of likely N-dealkylation sites (tertiary alicyclic amines) is 1. The first-order valence-electron chi connectivity index (χ1n) is 5.53. The smallest absolute Gasteiger partial charge is 0.308 e. The SMILES string of the molecule is C[N+]1(C#N)CCC[C@@H]2CCCC[C@H]21.[Br-]. The molecule has 1 aliphatic heterocycles. The summed E-state index contributed by atoms with van der Waals surface area (Å²) in [6, 6.07) is 0.660. The highest BCUT2D eigenvalue weighted by atomic mass is 79.9. The zero-order chi connectivity index (χ0) is 9.31. The lowest BCUT2D eigenvalue weighted by molar-refractivity contribution is -0.883. The lowest BCUT2D eigenvalue weighted by atomic mass is 9.77. The number of quaternary nitrogens is 1. The summed E-state index contributed by atoms with van der Waals surface area (Å²) >= 11 is 0. The van der Waals surface area contributed by atoms with E-state index in [0.29, 0.717) is 10.5 Å². The first-order chi connectivity index (χ1) is 6.26. The highest BCUT2D eigenvalue weighted by Crippen LogP contribution is 2.38. The largest absolute Gasteiger partial charge is 1.00 e. The van der Waals surface area contributed by atoms with Crippen molar-refractivity contribution < 1.29 is 21.5 Å². The molecule has 14 heavy (non-hydrogen) atoms. The molecule has 0 aromatic rings. The lowest BCUT2D eigenvalue weighted by Crippen LogP contribution is -3.00. The minimum absolute atomic E-state index is 0. The van der Waals surface area contributed by atoms with Gasteiger partial charge in [-0.1, -0.05) is 6.42 Å². The molecule has 0 amide bonds. The Balaban J connectivity index is 0.000000980. The second-order valence-corrected chi connectivity index (χ2v) is 4.85. The van der Waals surface area contributed by atoms with Gasteiger partial charge in [-0.3, -0.25) is 0 Å². The Kier molecular flexibility index (Phi) is 3.97. The number of nitrogens with zero attached hydrogens (tertiary/aromatic N) is 2. The van der Waals surface area contributed by atoms with Gasteiger partial charge in [0.05, 0.1) is 13.6 Å². The van der Waals surface area contributed by atoms with Crippen LogP contribution >= 0.6 is 0 Å². The number of piperidine rings is 1. The standard InChI is InChI=1S/C11H19N2.BrH/c1-13(9-12)8-4-6-10-5-2-3-7-11(10)13;/h10-11H,2-8H2,1H3;1H/q+1;/p-1/t10-,11+,13?;/m0./s1. The third-order valence-electron chi connectivity index (χ3n) is 4.03. The van der Waals surface area contributed by atoms with Crippen LogP contribution in [0.25, 0.3) is 0 Å². The quantitative estimate of drug-likeness (QED) is 0.416. The van der Waals surface area contributed by atoms with Crippen LogP contribution in [-0.4, -0.2) is 24.1 Å². The van der Waals surface area contributed by atoms with Crippen LogP contribution in [0, 0.1) is 17.4 Å². The van der Waals surface area contributed by atoms with Gasteiger partial charge < -0.3 is 17.0 Å². The predicted octanol–water partition coefficient (Wildman–Crippen LogP) is -0.729. The monoisotopic (exact) mass is 258 g/mol. The molecular formula is C11H19BrN2. The molecule has 2 fully saturated rings. The van der Waals surface area contributed by atoms with Gasteiger partial charge >= 0.3 is 6.19 Å². The maximum atomic E-state index is 9.21. The molecule has 2 rings (SSSR count). The van der Waals surface area contributed by atoms with E-state index in [1.165, 1.54) is 38.5 Å². The number of rotatable bonds is 0. The first kappa shape index (κ1) is 12.0.